The van der Waals surface area contributed by atoms with Gasteiger partial charge in [-0.1, -0.05) is 0 Å². The van der Waals surface area contributed by atoms with E-state index in [1.54, 1.807) is 12.1 Å². The van der Waals surface area contributed by atoms with Crippen LogP contribution in [-0.4, -0.2) is 13.2 Å². The number of hydrogen-bond acceptors (Lipinski definition) is 3. The van der Waals surface area contributed by atoms with Crippen molar-refractivity contribution in [3.05, 3.63) is 23.7 Å². The van der Waals surface area contributed by atoms with E-state index >= 15 is 0 Å². The van der Waals surface area contributed by atoms with Gasteiger partial charge >= 0.3 is 0 Å². The summed E-state index contributed by atoms with van der Waals surface area (Å²) in [5.41, 5.74) is 0. The third-order valence-corrected chi connectivity index (χ3v) is 1.56. The summed E-state index contributed by atoms with van der Waals surface area (Å²) in [7, 11) is 0. The van der Waals surface area contributed by atoms with Gasteiger partial charge in [-0.3, -0.25) is 4.39 Å². The van der Waals surface area contributed by atoms with Crippen molar-refractivity contribution in [3.8, 4) is 6.07 Å². The van der Waals surface area contributed by atoms with E-state index in [0.717, 1.165) is 0 Å². The molecule has 4 heteroatoms. The molecule has 0 radical (unpaired) electrons. The molecule has 1 aromatic heterocycles. The number of hydrogen-bond donors (Lipinski definition) is 1. The van der Waals surface area contributed by atoms with E-state index in [1.807, 2.05) is 6.07 Å². The first-order valence-corrected chi connectivity index (χ1v) is 4.12. The van der Waals surface area contributed by atoms with Gasteiger partial charge in [-0.2, -0.15) is 5.26 Å². The average Bonchev–Trinajstić information content (AvgIpc) is 2.60. The minimum absolute atomic E-state index is 0.308. The molecule has 1 N–H and O–H groups in total. The molecule has 0 spiro atoms. The maximum atomic E-state index is 11.7. The Morgan fingerprint density at radius 3 is 3.00 bits per heavy atom. The largest absolute Gasteiger partial charge is 0.449 e. The van der Waals surface area contributed by atoms with Crippen LogP contribution in [-0.2, 0) is 6.54 Å². The van der Waals surface area contributed by atoms with Gasteiger partial charge < -0.3 is 9.73 Å². The Kier molecular flexibility index (Phi) is 4.00. The van der Waals surface area contributed by atoms with Crippen molar-refractivity contribution in [3.63, 3.8) is 0 Å². The number of furan rings is 1. The van der Waals surface area contributed by atoms with Gasteiger partial charge in [0, 0.05) is 0 Å². The normalized spacial score (nSPS) is 9.85. The third-order valence-electron chi connectivity index (χ3n) is 1.56. The zero-order valence-electron chi connectivity index (χ0n) is 7.22. The lowest BCUT2D eigenvalue weighted by Crippen LogP contribution is -2.14. The van der Waals surface area contributed by atoms with Gasteiger partial charge in [0.2, 0.25) is 5.76 Å². The number of nitrogens with zero attached hydrogens (tertiary/aromatic N) is 1. The van der Waals surface area contributed by atoms with E-state index in [0.29, 0.717) is 31.0 Å². The van der Waals surface area contributed by atoms with Crippen molar-refractivity contribution < 1.29 is 8.81 Å². The fourth-order valence-electron chi connectivity index (χ4n) is 0.936. The summed E-state index contributed by atoms with van der Waals surface area (Å²) in [6, 6.07) is 5.25. The van der Waals surface area contributed by atoms with Gasteiger partial charge in [0.05, 0.1) is 13.2 Å². The number of nitriles is 1. The Hall–Kier alpha value is -1.34. The molecule has 0 saturated heterocycles. The van der Waals surface area contributed by atoms with Gasteiger partial charge in [-0.15, -0.1) is 0 Å². The van der Waals surface area contributed by atoms with Crippen LogP contribution in [0.15, 0.2) is 16.5 Å². The van der Waals surface area contributed by atoms with Crippen molar-refractivity contribution in [2.24, 2.45) is 0 Å². The van der Waals surface area contributed by atoms with Crippen molar-refractivity contribution in [2.75, 3.05) is 13.2 Å². The van der Waals surface area contributed by atoms with Crippen LogP contribution in [0.4, 0.5) is 4.39 Å². The van der Waals surface area contributed by atoms with Crippen LogP contribution in [0.5, 0.6) is 0 Å². The van der Waals surface area contributed by atoms with Crippen LogP contribution in [0.2, 0.25) is 0 Å². The first-order valence-electron chi connectivity index (χ1n) is 4.12. The van der Waals surface area contributed by atoms with E-state index in [1.165, 1.54) is 0 Å². The fourth-order valence-corrected chi connectivity index (χ4v) is 0.936. The fraction of sp³-hybridized carbons (Fsp3) is 0.444. The maximum absolute atomic E-state index is 11.7. The second-order valence-electron chi connectivity index (χ2n) is 2.60. The van der Waals surface area contributed by atoms with Crippen molar-refractivity contribution in [2.45, 2.75) is 13.0 Å². The van der Waals surface area contributed by atoms with E-state index in [2.05, 4.69) is 5.32 Å². The summed E-state index contributed by atoms with van der Waals surface area (Å²) < 4.78 is 16.8. The molecule has 1 rings (SSSR count). The molecule has 0 unspecified atom stereocenters. The number of nitrogens with one attached hydrogen (secondary N) is 1. The summed E-state index contributed by atoms with van der Waals surface area (Å²) in [4.78, 5) is 0. The molecule has 0 aromatic carbocycles. The maximum Gasteiger partial charge on any atom is 0.203 e. The molecule has 1 aromatic rings. The van der Waals surface area contributed by atoms with Crippen molar-refractivity contribution in [1.29, 1.82) is 5.26 Å². The van der Waals surface area contributed by atoms with E-state index in [-0.39, 0.29) is 6.67 Å². The molecule has 0 atom stereocenters. The Morgan fingerprint density at radius 2 is 2.38 bits per heavy atom. The second kappa shape index (κ2) is 5.33. The van der Waals surface area contributed by atoms with Crippen molar-refractivity contribution >= 4 is 0 Å². The van der Waals surface area contributed by atoms with Crippen LogP contribution in [0.1, 0.15) is 17.9 Å². The number of halogens is 1. The minimum atomic E-state index is -0.311. The number of rotatable bonds is 5. The number of alkyl halides is 1. The molecule has 13 heavy (non-hydrogen) atoms. The Labute approximate surface area is 76.2 Å². The molecule has 0 saturated carbocycles. The Bertz CT molecular complexity index is 290. The molecule has 0 amide bonds. The van der Waals surface area contributed by atoms with Crippen LogP contribution >= 0.6 is 0 Å². The highest BCUT2D eigenvalue weighted by Crippen LogP contribution is 2.05. The van der Waals surface area contributed by atoms with Gasteiger partial charge in [0.1, 0.15) is 11.8 Å². The SMILES string of the molecule is N#Cc1ccc(CNCCCF)o1. The van der Waals surface area contributed by atoms with Gasteiger partial charge in [0.25, 0.3) is 0 Å². The predicted molar refractivity (Wildman–Crippen MR) is 45.7 cm³/mol. The molecule has 0 bridgehead atoms. The summed E-state index contributed by atoms with van der Waals surface area (Å²) in [6.45, 7) is 0.857. The predicted octanol–water partition coefficient (Wildman–Crippen LogP) is 1.60. The first-order chi connectivity index (χ1) is 6.36. The highest BCUT2D eigenvalue weighted by atomic mass is 19.1. The summed E-state index contributed by atoms with van der Waals surface area (Å²) in [5.74, 6) is 1.01. The van der Waals surface area contributed by atoms with Gasteiger partial charge in [-0.05, 0) is 25.1 Å². The molecule has 0 aliphatic heterocycles. The lowest BCUT2D eigenvalue weighted by molar-refractivity contribution is 0.439. The molecular formula is C9H11FN2O. The van der Waals surface area contributed by atoms with E-state index < -0.39 is 0 Å². The van der Waals surface area contributed by atoms with Crippen LogP contribution in [0.3, 0.4) is 0 Å². The molecule has 0 aliphatic carbocycles. The zero-order chi connectivity index (χ0) is 9.52. The van der Waals surface area contributed by atoms with Gasteiger partial charge in [-0.25, -0.2) is 0 Å². The average molecular weight is 182 g/mol. The molecule has 70 valence electrons. The zero-order valence-corrected chi connectivity index (χ0v) is 7.22. The lowest BCUT2D eigenvalue weighted by Gasteiger charge is -1.98. The van der Waals surface area contributed by atoms with Crippen LogP contribution in [0, 0.1) is 11.3 Å². The van der Waals surface area contributed by atoms with Gasteiger partial charge in [0.15, 0.2) is 0 Å². The summed E-state index contributed by atoms with van der Waals surface area (Å²) >= 11 is 0. The van der Waals surface area contributed by atoms with Crippen LogP contribution in [0.25, 0.3) is 0 Å². The molecule has 3 nitrogen and oxygen atoms in total. The second-order valence-corrected chi connectivity index (χ2v) is 2.60. The smallest absolute Gasteiger partial charge is 0.203 e. The van der Waals surface area contributed by atoms with Crippen LogP contribution < -0.4 is 5.32 Å². The monoisotopic (exact) mass is 182 g/mol. The van der Waals surface area contributed by atoms with Crippen molar-refractivity contribution in [1.82, 2.24) is 5.32 Å². The highest BCUT2D eigenvalue weighted by molar-refractivity contribution is 5.18. The van der Waals surface area contributed by atoms with E-state index in [4.69, 9.17) is 9.68 Å². The first kappa shape index (κ1) is 9.75. The topological polar surface area (TPSA) is 49.0 Å². The summed E-state index contributed by atoms with van der Waals surface area (Å²) in [6.07, 6.45) is 0.506. The van der Waals surface area contributed by atoms with E-state index in [9.17, 15) is 4.39 Å². The standard InChI is InChI=1S/C9H11FN2O/c10-4-1-5-12-7-9-3-2-8(6-11)13-9/h2-3,12H,1,4-5,7H2. The Balaban J connectivity index is 2.25. The highest BCUT2D eigenvalue weighted by Gasteiger charge is 1.99. The Morgan fingerprint density at radius 1 is 1.54 bits per heavy atom. The summed E-state index contributed by atoms with van der Waals surface area (Å²) in [5, 5.41) is 11.4. The molecule has 0 aliphatic rings. The molecule has 0 fully saturated rings. The minimum Gasteiger partial charge on any atom is -0.449 e. The molecular weight excluding hydrogens is 171 g/mol. The third kappa shape index (κ3) is 3.26. The molecule has 1 heterocycles. The lowest BCUT2D eigenvalue weighted by atomic mass is 10.4. The quantitative estimate of drug-likeness (QED) is 0.703.